The van der Waals surface area contributed by atoms with Gasteiger partial charge in [-0.3, -0.25) is 4.99 Å². The summed E-state index contributed by atoms with van der Waals surface area (Å²) in [6.45, 7) is 0.920. The average molecular weight is 266 g/mol. The fraction of sp³-hybridized carbons (Fsp3) is 0.300. The van der Waals surface area contributed by atoms with E-state index in [4.69, 9.17) is 23.2 Å². The first-order valence-corrected chi connectivity index (χ1v) is 5.27. The summed E-state index contributed by atoms with van der Waals surface area (Å²) in [5.41, 5.74) is 0.944. The molecule has 0 spiro atoms. The lowest BCUT2D eigenvalue weighted by Gasteiger charge is -2.06. The number of nitrogens with one attached hydrogen (secondary N) is 1. The molecule has 0 saturated heterocycles. The summed E-state index contributed by atoms with van der Waals surface area (Å²) in [7, 11) is 0. The third-order valence-corrected chi connectivity index (χ3v) is 2.82. The van der Waals surface area contributed by atoms with Gasteiger partial charge in [-0.15, -0.1) is 12.4 Å². The lowest BCUT2D eigenvalue weighted by Crippen LogP contribution is -2.07. The highest BCUT2D eigenvalue weighted by Gasteiger charge is 2.06. The Morgan fingerprint density at radius 3 is 2.60 bits per heavy atom. The Morgan fingerprint density at radius 1 is 1.20 bits per heavy atom. The maximum absolute atomic E-state index is 5.89. The van der Waals surface area contributed by atoms with E-state index in [1.165, 1.54) is 0 Å². The second-order valence-electron chi connectivity index (χ2n) is 3.19. The Balaban J connectivity index is 0.00000112. The molecular formula is C10H11Cl3N2. The van der Waals surface area contributed by atoms with E-state index in [1.807, 2.05) is 12.1 Å². The molecule has 1 aliphatic heterocycles. The number of amidine groups is 1. The predicted molar refractivity (Wildman–Crippen MR) is 68.9 cm³/mol. The summed E-state index contributed by atoms with van der Waals surface area (Å²) >= 11 is 11.7. The van der Waals surface area contributed by atoms with Crippen molar-refractivity contribution in [1.82, 2.24) is 0 Å². The molecule has 1 heterocycles. The van der Waals surface area contributed by atoms with Crippen LogP contribution in [-0.4, -0.2) is 12.4 Å². The molecule has 0 radical (unpaired) electrons. The van der Waals surface area contributed by atoms with E-state index in [0.29, 0.717) is 10.0 Å². The van der Waals surface area contributed by atoms with Crippen molar-refractivity contribution in [1.29, 1.82) is 0 Å². The zero-order valence-electron chi connectivity index (χ0n) is 7.96. The number of hydrogen-bond donors (Lipinski definition) is 1. The van der Waals surface area contributed by atoms with Gasteiger partial charge >= 0.3 is 0 Å². The fourth-order valence-corrected chi connectivity index (χ4v) is 1.68. The van der Waals surface area contributed by atoms with Crippen LogP contribution >= 0.6 is 35.6 Å². The maximum atomic E-state index is 5.89. The van der Waals surface area contributed by atoms with E-state index in [2.05, 4.69) is 10.3 Å². The zero-order chi connectivity index (χ0) is 9.97. The Kier molecular flexibility index (Phi) is 4.71. The molecule has 0 fully saturated rings. The van der Waals surface area contributed by atoms with Gasteiger partial charge in [0, 0.05) is 18.7 Å². The van der Waals surface area contributed by atoms with Crippen LogP contribution in [0.4, 0.5) is 5.69 Å². The molecule has 0 amide bonds. The molecule has 2 rings (SSSR count). The van der Waals surface area contributed by atoms with Gasteiger partial charge in [-0.2, -0.15) is 0 Å². The molecule has 15 heavy (non-hydrogen) atoms. The standard InChI is InChI=1S/C10H10Cl2N2.ClH/c11-8-4-3-7(6-9(8)12)14-10-2-1-5-13-10;/h3-4,6H,1-2,5H2,(H,13,14);1H. The van der Waals surface area contributed by atoms with Crippen LogP contribution in [0.5, 0.6) is 0 Å². The van der Waals surface area contributed by atoms with Gasteiger partial charge in [0.2, 0.25) is 0 Å². The number of halogens is 3. The van der Waals surface area contributed by atoms with Crippen LogP contribution in [0.25, 0.3) is 0 Å². The Labute approximate surface area is 105 Å². The quantitative estimate of drug-likeness (QED) is 0.815. The van der Waals surface area contributed by atoms with Crippen LogP contribution in [-0.2, 0) is 0 Å². The molecule has 82 valence electrons. The van der Waals surface area contributed by atoms with Gasteiger partial charge in [-0.25, -0.2) is 0 Å². The molecule has 1 aromatic rings. The summed E-state index contributed by atoms with van der Waals surface area (Å²) < 4.78 is 0. The summed E-state index contributed by atoms with van der Waals surface area (Å²) in [6.07, 6.45) is 2.14. The first kappa shape index (κ1) is 12.6. The van der Waals surface area contributed by atoms with Gasteiger partial charge in [-0.1, -0.05) is 23.2 Å². The highest BCUT2D eigenvalue weighted by atomic mass is 35.5. The largest absolute Gasteiger partial charge is 0.344 e. The van der Waals surface area contributed by atoms with Crippen molar-refractivity contribution in [2.45, 2.75) is 12.8 Å². The number of benzene rings is 1. The summed E-state index contributed by atoms with van der Waals surface area (Å²) in [6, 6.07) is 5.49. The van der Waals surface area contributed by atoms with Gasteiger partial charge < -0.3 is 5.32 Å². The molecular weight excluding hydrogens is 254 g/mol. The van der Waals surface area contributed by atoms with Crippen molar-refractivity contribution in [2.75, 3.05) is 11.9 Å². The van der Waals surface area contributed by atoms with E-state index in [0.717, 1.165) is 30.9 Å². The van der Waals surface area contributed by atoms with Gasteiger partial charge in [-0.05, 0) is 24.6 Å². The second-order valence-corrected chi connectivity index (χ2v) is 4.00. The van der Waals surface area contributed by atoms with E-state index < -0.39 is 0 Å². The number of aliphatic imine (C=N–C) groups is 1. The van der Waals surface area contributed by atoms with Crippen LogP contribution in [0.1, 0.15) is 12.8 Å². The van der Waals surface area contributed by atoms with Gasteiger partial charge in [0.25, 0.3) is 0 Å². The maximum Gasteiger partial charge on any atom is 0.101 e. The molecule has 0 unspecified atom stereocenters. The topological polar surface area (TPSA) is 24.4 Å². The minimum Gasteiger partial charge on any atom is -0.344 e. The monoisotopic (exact) mass is 264 g/mol. The molecule has 0 atom stereocenters. The Morgan fingerprint density at radius 2 is 2.00 bits per heavy atom. The number of rotatable bonds is 1. The molecule has 1 N–H and O–H groups in total. The van der Waals surface area contributed by atoms with Crippen LogP contribution in [0.15, 0.2) is 23.2 Å². The van der Waals surface area contributed by atoms with Crippen molar-refractivity contribution in [3.05, 3.63) is 28.2 Å². The Bertz CT molecular complexity index is 377. The first-order valence-electron chi connectivity index (χ1n) is 4.51. The molecule has 0 saturated carbocycles. The summed E-state index contributed by atoms with van der Waals surface area (Å²) in [5.74, 6) is 1.03. The molecule has 0 bridgehead atoms. The summed E-state index contributed by atoms with van der Waals surface area (Å²) in [5, 5.41) is 4.36. The lowest BCUT2D eigenvalue weighted by molar-refractivity contribution is 0.951. The molecule has 5 heteroatoms. The van der Waals surface area contributed by atoms with E-state index >= 15 is 0 Å². The van der Waals surface area contributed by atoms with E-state index in [-0.39, 0.29) is 12.4 Å². The van der Waals surface area contributed by atoms with Crippen LogP contribution in [0, 0.1) is 0 Å². The molecule has 1 aliphatic rings. The van der Waals surface area contributed by atoms with Gasteiger partial charge in [0.1, 0.15) is 5.84 Å². The highest BCUT2D eigenvalue weighted by Crippen LogP contribution is 2.25. The first-order chi connectivity index (χ1) is 6.75. The van der Waals surface area contributed by atoms with Crippen LogP contribution < -0.4 is 5.32 Å². The highest BCUT2D eigenvalue weighted by molar-refractivity contribution is 6.42. The molecule has 0 aliphatic carbocycles. The normalized spacial score (nSPS) is 14.4. The molecule has 2 nitrogen and oxygen atoms in total. The summed E-state index contributed by atoms with van der Waals surface area (Å²) in [4.78, 5) is 4.31. The van der Waals surface area contributed by atoms with Crippen molar-refractivity contribution in [2.24, 2.45) is 4.99 Å². The van der Waals surface area contributed by atoms with Crippen molar-refractivity contribution < 1.29 is 0 Å². The SMILES string of the molecule is Cl.Clc1ccc(NC2=NCCC2)cc1Cl. The predicted octanol–water partition coefficient (Wildman–Crippen LogP) is 4.02. The molecule has 1 aromatic carbocycles. The number of hydrogen-bond acceptors (Lipinski definition) is 2. The van der Waals surface area contributed by atoms with E-state index in [9.17, 15) is 0 Å². The smallest absolute Gasteiger partial charge is 0.101 e. The molecule has 0 aromatic heterocycles. The minimum atomic E-state index is 0. The van der Waals surface area contributed by atoms with Crippen LogP contribution in [0.3, 0.4) is 0 Å². The van der Waals surface area contributed by atoms with Crippen molar-refractivity contribution in [3.63, 3.8) is 0 Å². The van der Waals surface area contributed by atoms with Gasteiger partial charge in [0.05, 0.1) is 10.0 Å². The van der Waals surface area contributed by atoms with Crippen LogP contribution in [0.2, 0.25) is 10.0 Å². The fourth-order valence-electron chi connectivity index (χ4n) is 1.38. The lowest BCUT2D eigenvalue weighted by atomic mass is 10.3. The third-order valence-electron chi connectivity index (χ3n) is 2.08. The van der Waals surface area contributed by atoms with E-state index in [1.54, 1.807) is 6.07 Å². The Hall–Kier alpha value is -0.440. The number of nitrogens with zero attached hydrogens (tertiary/aromatic N) is 1. The van der Waals surface area contributed by atoms with Crippen molar-refractivity contribution in [3.8, 4) is 0 Å². The average Bonchev–Trinajstić information content (AvgIpc) is 2.64. The second kappa shape index (κ2) is 5.59. The van der Waals surface area contributed by atoms with Crippen molar-refractivity contribution >= 4 is 47.1 Å². The third kappa shape index (κ3) is 3.26. The zero-order valence-corrected chi connectivity index (χ0v) is 10.3. The van der Waals surface area contributed by atoms with Gasteiger partial charge in [0.15, 0.2) is 0 Å². The minimum absolute atomic E-state index is 0. The number of anilines is 1.